The maximum atomic E-state index is 4.83. The minimum absolute atomic E-state index is 0.894. The summed E-state index contributed by atoms with van der Waals surface area (Å²) in [7, 11) is 0. The van der Waals surface area contributed by atoms with Crippen molar-refractivity contribution in [3.05, 3.63) is 110 Å². The van der Waals surface area contributed by atoms with Gasteiger partial charge >= 0.3 is 0 Å². The average molecular weight is 309 g/mol. The van der Waals surface area contributed by atoms with Gasteiger partial charge in [-0.1, -0.05) is 92.0 Å². The van der Waals surface area contributed by atoms with Crippen LogP contribution in [0.2, 0.25) is 0 Å². The number of nitrogens with zero attached hydrogens (tertiary/aromatic N) is 1. The van der Waals surface area contributed by atoms with Crippen molar-refractivity contribution in [2.45, 2.75) is 0 Å². The van der Waals surface area contributed by atoms with Crippen molar-refractivity contribution >= 4 is 5.57 Å². The van der Waals surface area contributed by atoms with Crippen molar-refractivity contribution in [3.8, 4) is 22.4 Å². The Balaban J connectivity index is 2.21. The molecule has 0 amide bonds. The molecule has 0 saturated heterocycles. The van der Waals surface area contributed by atoms with Gasteiger partial charge in [0.25, 0.3) is 0 Å². The standard InChI is InChI=1S/C23H19N/c1-3-11-18(4-2)22-16-21(19-12-7-5-8-13-19)17-23(24-22)20-14-9-6-10-15-20/h3-17H,1-2H2/b18-11+. The topological polar surface area (TPSA) is 12.9 Å². The number of benzene rings is 2. The quantitative estimate of drug-likeness (QED) is 0.513. The first-order valence-corrected chi connectivity index (χ1v) is 7.90. The molecular formula is C23H19N. The van der Waals surface area contributed by atoms with Crippen LogP contribution in [0.3, 0.4) is 0 Å². The van der Waals surface area contributed by atoms with Crippen molar-refractivity contribution in [2.75, 3.05) is 0 Å². The summed E-state index contributed by atoms with van der Waals surface area (Å²) in [6.45, 7) is 7.69. The summed E-state index contributed by atoms with van der Waals surface area (Å²) < 4.78 is 0. The van der Waals surface area contributed by atoms with E-state index < -0.39 is 0 Å². The molecule has 0 fully saturated rings. The SMILES string of the molecule is C=C/C=C(\C=C)c1cc(-c2ccccc2)cc(-c2ccccc2)n1. The van der Waals surface area contributed by atoms with Gasteiger partial charge in [-0.05, 0) is 28.8 Å². The average Bonchev–Trinajstić information content (AvgIpc) is 2.67. The summed E-state index contributed by atoms with van der Waals surface area (Å²) in [5, 5.41) is 0. The summed E-state index contributed by atoms with van der Waals surface area (Å²) >= 11 is 0. The molecule has 0 aliphatic carbocycles. The van der Waals surface area contributed by atoms with Crippen LogP contribution in [-0.4, -0.2) is 4.98 Å². The van der Waals surface area contributed by atoms with Gasteiger partial charge in [0, 0.05) is 5.56 Å². The van der Waals surface area contributed by atoms with Gasteiger partial charge in [0.15, 0.2) is 0 Å². The van der Waals surface area contributed by atoms with Crippen molar-refractivity contribution in [1.29, 1.82) is 0 Å². The summed E-state index contributed by atoms with van der Waals surface area (Å²) in [5.74, 6) is 0. The molecule has 1 heterocycles. The van der Waals surface area contributed by atoms with E-state index in [1.54, 1.807) is 6.08 Å². The molecule has 0 aliphatic heterocycles. The van der Waals surface area contributed by atoms with Crippen LogP contribution in [0.25, 0.3) is 28.0 Å². The maximum absolute atomic E-state index is 4.83. The third-order valence-corrected chi connectivity index (χ3v) is 3.82. The molecule has 1 nitrogen and oxygen atoms in total. The van der Waals surface area contributed by atoms with Crippen LogP contribution in [0.4, 0.5) is 0 Å². The van der Waals surface area contributed by atoms with Gasteiger partial charge < -0.3 is 0 Å². The lowest BCUT2D eigenvalue weighted by molar-refractivity contribution is 1.28. The molecule has 0 saturated carbocycles. The van der Waals surface area contributed by atoms with Crippen molar-refractivity contribution in [1.82, 2.24) is 4.98 Å². The van der Waals surface area contributed by atoms with Gasteiger partial charge in [0.1, 0.15) is 0 Å². The monoisotopic (exact) mass is 309 g/mol. The van der Waals surface area contributed by atoms with E-state index in [-0.39, 0.29) is 0 Å². The first-order valence-electron chi connectivity index (χ1n) is 7.90. The molecule has 1 aromatic heterocycles. The lowest BCUT2D eigenvalue weighted by Gasteiger charge is -2.10. The summed E-state index contributed by atoms with van der Waals surface area (Å²) in [6.07, 6.45) is 5.50. The van der Waals surface area contributed by atoms with Gasteiger partial charge in [-0.25, -0.2) is 4.98 Å². The number of allylic oxidation sites excluding steroid dienone is 4. The molecule has 3 aromatic rings. The predicted octanol–water partition coefficient (Wildman–Crippen LogP) is 6.17. The highest BCUT2D eigenvalue weighted by atomic mass is 14.7. The molecule has 0 aliphatic rings. The molecule has 0 atom stereocenters. The van der Waals surface area contributed by atoms with Gasteiger partial charge in [0.2, 0.25) is 0 Å². The summed E-state index contributed by atoms with van der Waals surface area (Å²) in [6, 6.07) is 24.8. The Morgan fingerprint density at radius 1 is 0.750 bits per heavy atom. The molecule has 3 rings (SSSR count). The zero-order chi connectivity index (χ0) is 16.8. The second-order valence-electron chi connectivity index (χ2n) is 5.42. The highest BCUT2D eigenvalue weighted by molar-refractivity contribution is 5.79. The lowest BCUT2D eigenvalue weighted by atomic mass is 10.00. The molecule has 116 valence electrons. The van der Waals surface area contributed by atoms with Crippen LogP contribution in [-0.2, 0) is 0 Å². The Bertz CT molecular complexity index is 817. The van der Waals surface area contributed by atoms with Crippen LogP contribution < -0.4 is 0 Å². The van der Waals surface area contributed by atoms with Gasteiger partial charge in [-0.15, -0.1) is 0 Å². The number of pyridine rings is 1. The predicted molar refractivity (Wildman–Crippen MR) is 103 cm³/mol. The first-order chi connectivity index (χ1) is 11.8. The maximum Gasteiger partial charge on any atom is 0.0715 e. The van der Waals surface area contributed by atoms with Crippen molar-refractivity contribution in [3.63, 3.8) is 0 Å². The normalized spacial score (nSPS) is 11.1. The van der Waals surface area contributed by atoms with E-state index in [2.05, 4.69) is 49.6 Å². The van der Waals surface area contributed by atoms with Crippen LogP contribution in [0.5, 0.6) is 0 Å². The second-order valence-corrected chi connectivity index (χ2v) is 5.42. The Labute approximate surface area is 143 Å². The number of rotatable bonds is 5. The van der Waals surface area contributed by atoms with E-state index in [4.69, 9.17) is 4.98 Å². The number of hydrogen-bond donors (Lipinski definition) is 0. The number of aromatic nitrogens is 1. The minimum atomic E-state index is 0.894. The highest BCUT2D eigenvalue weighted by Crippen LogP contribution is 2.28. The van der Waals surface area contributed by atoms with Crippen LogP contribution >= 0.6 is 0 Å². The van der Waals surface area contributed by atoms with E-state index in [1.807, 2.05) is 48.6 Å². The van der Waals surface area contributed by atoms with Gasteiger partial charge in [-0.2, -0.15) is 0 Å². The van der Waals surface area contributed by atoms with E-state index in [9.17, 15) is 0 Å². The fourth-order valence-corrected chi connectivity index (χ4v) is 2.62. The summed E-state index contributed by atoms with van der Waals surface area (Å²) in [5.41, 5.74) is 6.20. The highest BCUT2D eigenvalue weighted by Gasteiger charge is 2.08. The zero-order valence-electron chi connectivity index (χ0n) is 13.5. The Morgan fingerprint density at radius 2 is 1.38 bits per heavy atom. The molecule has 0 bridgehead atoms. The van der Waals surface area contributed by atoms with E-state index >= 15 is 0 Å². The molecule has 1 heteroatoms. The number of hydrogen-bond acceptors (Lipinski definition) is 1. The van der Waals surface area contributed by atoms with E-state index in [0.717, 1.165) is 28.1 Å². The Kier molecular flexibility index (Phi) is 4.83. The molecule has 0 unspecified atom stereocenters. The van der Waals surface area contributed by atoms with E-state index in [0.29, 0.717) is 0 Å². The molecular weight excluding hydrogens is 290 g/mol. The lowest BCUT2D eigenvalue weighted by Crippen LogP contribution is -1.93. The molecule has 0 radical (unpaired) electrons. The zero-order valence-corrected chi connectivity index (χ0v) is 13.5. The second kappa shape index (κ2) is 7.38. The van der Waals surface area contributed by atoms with E-state index in [1.165, 1.54) is 5.56 Å². The Morgan fingerprint density at radius 3 is 1.96 bits per heavy atom. The smallest absolute Gasteiger partial charge is 0.0715 e. The van der Waals surface area contributed by atoms with Gasteiger partial charge in [-0.3, -0.25) is 0 Å². The summed E-state index contributed by atoms with van der Waals surface area (Å²) in [4.78, 5) is 4.83. The molecule has 0 spiro atoms. The van der Waals surface area contributed by atoms with Crippen molar-refractivity contribution < 1.29 is 0 Å². The fourth-order valence-electron chi connectivity index (χ4n) is 2.62. The Hall–Kier alpha value is -3.19. The molecule has 0 N–H and O–H groups in total. The first kappa shape index (κ1) is 15.7. The molecule has 2 aromatic carbocycles. The molecule has 24 heavy (non-hydrogen) atoms. The van der Waals surface area contributed by atoms with Crippen LogP contribution in [0.1, 0.15) is 5.69 Å². The fraction of sp³-hybridized carbons (Fsp3) is 0. The van der Waals surface area contributed by atoms with Crippen molar-refractivity contribution in [2.24, 2.45) is 0 Å². The third-order valence-electron chi connectivity index (χ3n) is 3.82. The third kappa shape index (κ3) is 3.41. The largest absolute Gasteiger partial charge is 0.248 e. The minimum Gasteiger partial charge on any atom is -0.248 e. The van der Waals surface area contributed by atoms with Gasteiger partial charge in [0.05, 0.1) is 11.4 Å². The van der Waals surface area contributed by atoms with Crippen LogP contribution in [0, 0.1) is 0 Å². The van der Waals surface area contributed by atoms with Crippen LogP contribution in [0.15, 0.2) is 104 Å².